The number of carbonyl (C=O) groups excluding carboxylic acids is 1. The van der Waals surface area contributed by atoms with Crippen LogP contribution in [0.15, 0.2) is 45.3 Å². The third-order valence-electron chi connectivity index (χ3n) is 2.70. The molecule has 0 fully saturated rings. The van der Waals surface area contributed by atoms with Crippen LogP contribution in [0.1, 0.15) is 5.56 Å². The van der Waals surface area contributed by atoms with E-state index < -0.39 is 0 Å². The van der Waals surface area contributed by atoms with Crippen molar-refractivity contribution < 1.29 is 9.53 Å². The summed E-state index contributed by atoms with van der Waals surface area (Å²) in [5.41, 5.74) is 1.59. The molecule has 0 aliphatic rings. The van der Waals surface area contributed by atoms with Crippen LogP contribution in [0.3, 0.4) is 0 Å². The molecule has 0 unspecified atom stereocenters. The van der Waals surface area contributed by atoms with Crippen LogP contribution in [0.25, 0.3) is 0 Å². The SMILES string of the molecule is Cc1cc(Br)ccc1OCC(=O)Nc1ccc(Br)c(Cl)c1. The third-order valence-corrected chi connectivity index (χ3v) is 4.42. The quantitative estimate of drug-likeness (QED) is 0.721. The number of amides is 1. The van der Waals surface area contributed by atoms with E-state index in [-0.39, 0.29) is 12.5 Å². The maximum Gasteiger partial charge on any atom is 0.262 e. The number of rotatable bonds is 4. The lowest BCUT2D eigenvalue weighted by atomic mass is 10.2. The molecule has 0 saturated heterocycles. The number of hydrogen-bond acceptors (Lipinski definition) is 2. The van der Waals surface area contributed by atoms with Gasteiger partial charge in [-0.3, -0.25) is 4.79 Å². The Bertz CT molecular complexity index is 677. The van der Waals surface area contributed by atoms with Gasteiger partial charge in [0.15, 0.2) is 6.61 Å². The Hall–Kier alpha value is -1.04. The summed E-state index contributed by atoms with van der Waals surface area (Å²) in [6.07, 6.45) is 0. The molecule has 1 amide bonds. The second kappa shape index (κ2) is 7.29. The molecule has 0 spiro atoms. The molecule has 110 valence electrons. The van der Waals surface area contributed by atoms with E-state index in [1.807, 2.05) is 25.1 Å². The van der Waals surface area contributed by atoms with Crippen molar-refractivity contribution in [3.63, 3.8) is 0 Å². The molecule has 3 nitrogen and oxygen atoms in total. The maximum atomic E-state index is 11.9. The molecule has 2 aromatic rings. The first-order valence-electron chi connectivity index (χ1n) is 6.09. The summed E-state index contributed by atoms with van der Waals surface area (Å²) in [5, 5.41) is 3.27. The van der Waals surface area contributed by atoms with Crippen LogP contribution in [0.5, 0.6) is 5.75 Å². The fourth-order valence-corrected chi connectivity index (χ4v) is 2.59. The van der Waals surface area contributed by atoms with Crippen LogP contribution < -0.4 is 10.1 Å². The first kappa shape index (κ1) is 16.3. The van der Waals surface area contributed by atoms with Gasteiger partial charge in [-0.05, 0) is 64.8 Å². The van der Waals surface area contributed by atoms with E-state index in [1.165, 1.54) is 0 Å². The minimum Gasteiger partial charge on any atom is -0.483 e. The third kappa shape index (κ3) is 4.73. The van der Waals surface area contributed by atoms with E-state index in [2.05, 4.69) is 37.2 Å². The molecular weight excluding hydrogens is 421 g/mol. The molecule has 21 heavy (non-hydrogen) atoms. The molecule has 0 radical (unpaired) electrons. The standard InChI is InChI=1S/C15H12Br2ClNO2/c1-9-6-10(16)2-5-14(9)21-8-15(20)19-11-3-4-12(17)13(18)7-11/h2-7H,8H2,1H3,(H,19,20). The lowest BCUT2D eigenvalue weighted by Gasteiger charge is -2.10. The number of nitrogens with one attached hydrogen (secondary N) is 1. The molecule has 2 rings (SSSR count). The Labute approximate surface area is 144 Å². The van der Waals surface area contributed by atoms with E-state index in [0.29, 0.717) is 16.5 Å². The predicted octanol–water partition coefficient (Wildman–Crippen LogP) is 5.19. The van der Waals surface area contributed by atoms with Gasteiger partial charge in [-0.15, -0.1) is 0 Å². The lowest BCUT2D eigenvalue weighted by Crippen LogP contribution is -2.20. The molecule has 0 aliphatic heterocycles. The van der Waals surface area contributed by atoms with Crippen LogP contribution in [-0.4, -0.2) is 12.5 Å². The minimum atomic E-state index is -0.240. The van der Waals surface area contributed by atoms with Gasteiger partial charge in [0.2, 0.25) is 0 Å². The van der Waals surface area contributed by atoms with Crippen molar-refractivity contribution in [3.05, 3.63) is 55.9 Å². The van der Waals surface area contributed by atoms with Gasteiger partial charge in [-0.25, -0.2) is 0 Å². The van der Waals surface area contributed by atoms with Crippen LogP contribution >= 0.6 is 43.5 Å². The van der Waals surface area contributed by atoms with Crippen molar-refractivity contribution in [2.45, 2.75) is 6.92 Å². The van der Waals surface area contributed by atoms with Gasteiger partial charge >= 0.3 is 0 Å². The highest BCUT2D eigenvalue weighted by molar-refractivity contribution is 9.10. The average molecular weight is 434 g/mol. The molecule has 6 heteroatoms. The Morgan fingerprint density at radius 1 is 1.24 bits per heavy atom. The van der Waals surface area contributed by atoms with Gasteiger partial charge in [-0.2, -0.15) is 0 Å². The number of hydrogen-bond donors (Lipinski definition) is 1. The summed E-state index contributed by atoms with van der Waals surface area (Å²) in [6, 6.07) is 10.8. The first-order valence-corrected chi connectivity index (χ1v) is 8.06. The molecule has 0 saturated carbocycles. The molecule has 0 bridgehead atoms. The summed E-state index contributed by atoms with van der Waals surface area (Å²) in [4.78, 5) is 11.9. The largest absolute Gasteiger partial charge is 0.483 e. The smallest absolute Gasteiger partial charge is 0.262 e. The van der Waals surface area contributed by atoms with Crippen molar-refractivity contribution in [3.8, 4) is 5.75 Å². The molecule has 0 aromatic heterocycles. The Morgan fingerprint density at radius 2 is 2.00 bits per heavy atom. The molecule has 1 N–H and O–H groups in total. The van der Waals surface area contributed by atoms with Crippen molar-refractivity contribution in [1.82, 2.24) is 0 Å². The van der Waals surface area contributed by atoms with Gasteiger partial charge < -0.3 is 10.1 Å². The second-order valence-electron chi connectivity index (χ2n) is 4.38. The van der Waals surface area contributed by atoms with Gasteiger partial charge in [0.1, 0.15) is 5.75 Å². The highest BCUT2D eigenvalue weighted by Crippen LogP contribution is 2.25. The molecule has 0 heterocycles. The van der Waals surface area contributed by atoms with E-state index in [1.54, 1.807) is 18.2 Å². The number of halogens is 3. The van der Waals surface area contributed by atoms with E-state index in [9.17, 15) is 4.79 Å². The predicted molar refractivity (Wildman–Crippen MR) is 92.2 cm³/mol. The normalized spacial score (nSPS) is 10.3. The van der Waals surface area contributed by atoms with Crippen LogP contribution in [0.2, 0.25) is 5.02 Å². The highest BCUT2D eigenvalue weighted by atomic mass is 79.9. The summed E-state index contributed by atoms with van der Waals surface area (Å²) < 4.78 is 7.26. The van der Waals surface area contributed by atoms with Gasteiger partial charge in [0.05, 0.1) is 5.02 Å². The first-order chi connectivity index (χ1) is 9.95. The highest BCUT2D eigenvalue weighted by Gasteiger charge is 2.07. The second-order valence-corrected chi connectivity index (χ2v) is 6.55. The molecule has 0 aliphatic carbocycles. The minimum absolute atomic E-state index is 0.0594. The van der Waals surface area contributed by atoms with Crippen LogP contribution in [0.4, 0.5) is 5.69 Å². The topological polar surface area (TPSA) is 38.3 Å². The summed E-state index contributed by atoms with van der Waals surface area (Å²) >= 11 is 12.7. The molecular formula is C15H12Br2ClNO2. The number of carbonyl (C=O) groups is 1. The van der Waals surface area contributed by atoms with Crippen molar-refractivity contribution in [2.75, 3.05) is 11.9 Å². The number of ether oxygens (including phenoxy) is 1. The van der Waals surface area contributed by atoms with E-state index in [0.717, 1.165) is 14.5 Å². The van der Waals surface area contributed by atoms with Gasteiger partial charge in [-0.1, -0.05) is 27.5 Å². The Balaban J connectivity index is 1.94. The monoisotopic (exact) mass is 431 g/mol. The number of aryl methyl sites for hydroxylation is 1. The number of benzene rings is 2. The van der Waals surface area contributed by atoms with E-state index in [4.69, 9.17) is 16.3 Å². The van der Waals surface area contributed by atoms with Gasteiger partial charge in [0.25, 0.3) is 5.91 Å². The maximum absolute atomic E-state index is 11.9. The zero-order valence-electron chi connectivity index (χ0n) is 11.1. The average Bonchev–Trinajstić information content (AvgIpc) is 2.42. The fraction of sp³-hybridized carbons (Fsp3) is 0.133. The fourth-order valence-electron chi connectivity index (χ4n) is 1.69. The lowest BCUT2D eigenvalue weighted by molar-refractivity contribution is -0.118. The summed E-state index contributed by atoms with van der Waals surface area (Å²) in [6.45, 7) is 1.86. The van der Waals surface area contributed by atoms with E-state index >= 15 is 0 Å². The molecule has 2 aromatic carbocycles. The Kier molecular flexibility index (Phi) is 5.67. The zero-order valence-corrected chi connectivity index (χ0v) is 15.0. The van der Waals surface area contributed by atoms with Gasteiger partial charge in [0, 0.05) is 14.6 Å². The summed E-state index contributed by atoms with van der Waals surface area (Å²) in [5.74, 6) is 0.442. The Morgan fingerprint density at radius 3 is 2.67 bits per heavy atom. The van der Waals surface area contributed by atoms with Crippen molar-refractivity contribution in [1.29, 1.82) is 0 Å². The number of anilines is 1. The zero-order chi connectivity index (χ0) is 15.4. The van der Waals surface area contributed by atoms with Crippen LogP contribution in [0, 0.1) is 6.92 Å². The summed E-state index contributed by atoms with van der Waals surface area (Å²) in [7, 11) is 0. The van der Waals surface area contributed by atoms with Crippen molar-refractivity contribution in [2.24, 2.45) is 0 Å². The van der Waals surface area contributed by atoms with Crippen LogP contribution in [-0.2, 0) is 4.79 Å². The van der Waals surface area contributed by atoms with Crippen molar-refractivity contribution >= 4 is 55.1 Å². The molecule has 0 atom stereocenters.